The van der Waals surface area contributed by atoms with Crippen molar-refractivity contribution in [2.75, 3.05) is 6.54 Å². The molecule has 1 amide bonds. The molecule has 1 heterocycles. The van der Waals surface area contributed by atoms with Crippen LogP contribution in [-0.2, 0) is 6.42 Å². The number of halogens is 2. The van der Waals surface area contributed by atoms with E-state index in [-0.39, 0.29) is 16.5 Å². The largest absolute Gasteiger partial charge is 0.352 e. The first-order valence-electron chi connectivity index (χ1n) is 5.24. The third-order valence-electron chi connectivity index (χ3n) is 2.29. The van der Waals surface area contributed by atoms with E-state index in [4.69, 9.17) is 11.6 Å². The molecule has 18 heavy (non-hydrogen) atoms. The minimum absolute atomic E-state index is 0.00629. The van der Waals surface area contributed by atoms with Gasteiger partial charge < -0.3 is 5.32 Å². The zero-order valence-electron chi connectivity index (χ0n) is 9.28. The monoisotopic (exact) mass is 268 g/mol. The van der Waals surface area contributed by atoms with Gasteiger partial charge in [-0.3, -0.25) is 9.89 Å². The number of benzene rings is 1. The number of rotatable bonds is 4. The van der Waals surface area contributed by atoms with Crippen molar-refractivity contribution in [1.82, 2.24) is 20.5 Å². The van der Waals surface area contributed by atoms with Crippen LogP contribution in [0, 0.1) is 5.82 Å². The van der Waals surface area contributed by atoms with Gasteiger partial charge in [0.05, 0.1) is 5.02 Å². The molecule has 2 rings (SSSR count). The average molecular weight is 269 g/mol. The highest BCUT2D eigenvalue weighted by atomic mass is 35.5. The molecule has 0 radical (unpaired) electrons. The molecule has 1 aromatic carbocycles. The molecule has 1 aromatic heterocycles. The second kappa shape index (κ2) is 5.59. The van der Waals surface area contributed by atoms with Gasteiger partial charge in [-0.1, -0.05) is 11.6 Å². The molecule has 0 atom stereocenters. The zero-order chi connectivity index (χ0) is 13.0. The van der Waals surface area contributed by atoms with Crippen molar-refractivity contribution < 1.29 is 9.18 Å². The Bertz CT molecular complexity index is 544. The highest BCUT2D eigenvalue weighted by Crippen LogP contribution is 2.15. The number of carbonyl (C=O) groups is 1. The third kappa shape index (κ3) is 3.04. The van der Waals surface area contributed by atoms with Gasteiger partial charge in [0.1, 0.15) is 18.0 Å². The first kappa shape index (κ1) is 12.5. The van der Waals surface area contributed by atoms with E-state index in [0.29, 0.717) is 18.8 Å². The molecule has 2 N–H and O–H groups in total. The van der Waals surface area contributed by atoms with Gasteiger partial charge in [-0.05, 0) is 18.2 Å². The number of hydrogen-bond acceptors (Lipinski definition) is 3. The van der Waals surface area contributed by atoms with Crippen LogP contribution in [0.25, 0.3) is 0 Å². The lowest BCUT2D eigenvalue weighted by Gasteiger charge is -2.04. The number of carbonyl (C=O) groups excluding carboxylic acids is 1. The van der Waals surface area contributed by atoms with Crippen LogP contribution in [0.5, 0.6) is 0 Å². The summed E-state index contributed by atoms with van der Waals surface area (Å²) in [6, 6.07) is 3.92. The molecule has 0 spiro atoms. The van der Waals surface area contributed by atoms with Gasteiger partial charge in [0.2, 0.25) is 0 Å². The van der Waals surface area contributed by atoms with Crippen LogP contribution in [0.3, 0.4) is 0 Å². The molecular weight excluding hydrogens is 259 g/mol. The van der Waals surface area contributed by atoms with E-state index in [2.05, 4.69) is 20.5 Å². The first-order valence-corrected chi connectivity index (χ1v) is 5.62. The highest BCUT2D eigenvalue weighted by molar-refractivity contribution is 6.30. The SMILES string of the molecule is O=C(NCCc1ncn[nH]1)c1ccc(Cl)c(F)c1. The molecule has 0 aliphatic carbocycles. The summed E-state index contributed by atoms with van der Waals surface area (Å²) in [5.74, 6) is -0.290. The van der Waals surface area contributed by atoms with E-state index in [1.54, 1.807) is 0 Å². The topological polar surface area (TPSA) is 70.7 Å². The fourth-order valence-electron chi connectivity index (χ4n) is 1.39. The van der Waals surface area contributed by atoms with Crippen LogP contribution in [0.1, 0.15) is 16.2 Å². The van der Waals surface area contributed by atoms with Gasteiger partial charge in [0.25, 0.3) is 5.91 Å². The van der Waals surface area contributed by atoms with Crippen LogP contribution in [0.4, 0.5) is 4.39 Å². The van der Waals surface area contributed by atoms with Crippen molar-refractivity contribution in [3.05, 3.63) is 46.8 Å². The van der Waals surface area contributed by atoms with E-state index >= 15 is 0 Å². The van der Waals surface area contributed by atoms with Crippen LogP contribution in [0.15, 0.2) is 24.5 Å². The number of hydrogen-bond donors (Lipinski definition) is 2. The van der Waals surface area contributed by atoms with Crippen molar-refractivity contribution in [2.45, 2.75) is 6.42 Å². The Balaban J connectivity index is 1.89. The maximum atomic E-state index is 13.1. The Morgan fingerprint density at radius 3 is 3.00 bits per heavy atom. The number of nitrogens with one attached hydrogen (secondary N) is 2. The van der Waals surface area contributed by atoms with Crippen molar-refractivity contribution in [1.29, 1.82) is 0 Å². The Labute approximate surface area is 107 Å². The molecule has 5 nitrogen and oxygen atoms in total. The summed E-state index contributed by atoms with van der Waals surface area (Å²) in [5, 5.41) is 9.00. The predicted octanol–water partition coefficient (Wildman–Crippen LogP) is 1.57. The maximum Gasteiger partial charge on any atom is 0.251 e. The first-order chi connectivity index (χ1) is 8.66. The Hall–Kier alpha value is -1.95. The second-order valence-corrected chi connectivity index (χ2v) is 3.97. The molecule has 0 fully saturated rings. The molecule has 0 saturated carbocycles. The molecule has 0 unspecified atom stereocenters. The summed E-state index contributed by atoms with van der Waals surface area (Å²) in [4.78, 5) is 15.6. The molecule has 7 heteroatoms. The van der Waals surface area contributed by atoms with Gasteiger partial charge in [-0.25, -0.2) is 9.37 Å². The number of nitrogens with zero attached hydrogens (tertiary/aromatic N) is 2. The zero-order valence-corrected chi connectivity index (χ0v) is 10.0. The van der Waals surface area contributed by atoms with Gasteiger partial charge >= 0.3 is 0 Å². The number of H-pyrrole nitrogens is 1. The minimum atomic E-state index is -0.612. The third-order valence-corrected chi connectivity index (χ3v) is 2.60. The minimum Gasteiger partial charge on any atom is -0.352 e. The van der Waals surface area contributed by atoms with E-state index < -0.39 is 5.82 Å². The van der Waals surface area contributed by atoms with Crippen molar-refractivity contribution >= 4 is 17.5 Å². The predicted molar refractivity (Wildman–Crippen MR) is 63.8 cm³/mol. The van der Waals surface area contributed by atoms with Crippen LogP contribution in [0.2, 0.25) is 5.02 Å². The highest BCUT2D eigenvalue weighted by Gasteiger charge is 2.08. The van der Waals surface area contributed by atoms with Crippen molar-refractivity contribution in [2.24, 2.45) is 0 Å². The summed E-state index contributed by atoms with van der Waals surface area (Å²) < 4.78 is 13.1. The van der Waals surface area contributed by atoms with E-state index in [9.17, 15) is 9.18 Å². The molecule has 0 bridgehead atoms. The Morgan fingerprint density at radius 2 is 2.33 bits per heavy atom. The van der Waals surface area contributed by atoms with E-state index in [1.807, 2.05) is 0 Å². The summed E-state index contributed by atoms with van der Waals surface area (Å²) in [6.07, 6.45) is 1.92. The summed E-state index contributed by atoms with van der Waals surface area (Å²) >= 11 is 5.53. The van der Waals surface area contributed by atoms with Crippen molar-refractivity contribution in [3.63, 3.8) is 0 Å². The van der Waals surface area contributed by atoms with Crippen molar-refractivity contribution in [3.8, 4) is 0 Å². The number of amides is 1. The summed E-state index contributed by atoms with van der Waals surface area (Å²) in [6.45, 7) is 0.387. The fourth-order valence-corrected chi connectivity index (χ4v) is 1.50. The normalized spacial score (nSPS) is 10.3. The van der Waals surface area contributed by atoms with E-state index in [1.165, 1.54) is 18.5 Å². The molecule has 0 saturated heterocycles. The van der Waals surface area contributed by atoms with Crippen LogP contribution < -0.4 is 5.32 Å². The van der Waals surface area contributed by atoms with Crippen LogP contribution >= 0.6 is 11.6 Å². The Morgan fingerprint density at radius 1 is 1.50 bits per heavy atom. The lowest BCUT2D eigenvalue weighted by Crippen LogP contribution is -2.26. The maximum absolute atomic E-state index is 13.1. The molecule has 2 aromatic rings. The fraction of sp³-hybridized carbons (Fsp3) is 0.182. The lowest BCUT2D eigenvalue weighted by molar-refractivity contribution is 0.0953. The molecule has 94 valence electrons. The Kier molecular flexibility index (Phi) is 3.88. The van der Waals surface area contributed by atoms with E-state index in [0.717, 1.165) is 6.07 Å². The molecule has 0 aliphatic heterocycles. The number of aromatic nitrogens is 3. The quantitative estimate of drug-likeness (QED) is 0.884. The number of aromatic amines is 1. The van der Waals surface area contributed by atoms with Gasteiger partial charge in [-0.15, -0.1) is 0 Å². The van der Waals surface area contributed by atoms with Crippen LogP contribution in [-0.4, -0.2) is 27.6 Å². The smallest absolute Gasteiger partial charge is 0.251 e. The summed E-state index contributed by atoms with van der Waals surface area (Å²) in [7, 11) is 0. The van der Waals surface area contributed by atoms with Gasteiger partial charge in [0, 0.05) is 18.5 Å². The summed E-state index contributed by atoms with van der Waals surface area (Å²) in [5.41, 5.74) is 0.231. The van der Waals surface area contributed by atoms with Gasteiger partial charge in [-0.2, -0.15) is 5.10 Å². The molecular formula is C11H10ClFN4O. The van der Waals surface area contributed by atoms with Gasteiger partial charge in [0.15, 0.2) is 0 Å². The average Bonchev–Trinajstić information content (AvgIpc) is 2.85. The lowest BCUT2D eigenvalue weighted by atomic mass is 10.2. The molecule has 0 aliphatic rings. The second-order valence-electron chi connectivity index (χ2n) is 3.57. The standard InChI is InChI=1S/C11H10ClFN4O/c12-8-2-1-7(5-9(8)13)11(18)14-4-3-10-15-6-16-17-10/h1-2,5-6H,3-4H2,(H,14,18)(H,15,16,17).